The number of carboxylic acids is 1. The Morgan fingerprint density at radius 1 is 1.44 bits per heavy atom. The molecule has 86 valence electrons. The van der Waals surface area contributed by atoms with E-state index in [9.17, 15) is 9.59 Å². The van der Waals surface area contributed by atoms with E-state index in [2.05, 4.69) is 37.2 Å². The predicted octanol–water partition coefficient (Wildman–Crippen LogP) is 1.95. The van der Waals surface area contributed by atoms with Crippen molar-refractivity contribution >= 4 is 44.2 Å². The van der Waals surface area contributed by atoms with Crippen molar-refractivity contribution in [1.82, 2.24) is 5.32 Å². The van der Waals surface area contributed by atoms with Crippen LogP contribution in [0.5, 0.6) is 0 Å². The van der Waals surface area contributed by atoms with Crippen LogP contribution in [-0.4, -0.2) is 23.5 Å². The molecule has 0 aliphatic rings. The molecule has 1 unspecified atom stereocenters. The van der Waals surface area contributed by atoms with E-state index in [1.165, 1.54) is 0 Å². The van der Waals surface area contributed by atoms with Gasteiger partial charge in [0.25, 0.3) is 0 Å². The van der Waals surface area contributed by atoms with Gasteiger partial charge in [-0.05, 0) is 49.6 Å². The molecule has 0 radical (unpaired) electrons. The highest BCUT2D eigenvalue weighted by Crippen LogP contribution is 2.24. The minimum Gasteiger partial charge on any atom is -0.480 e. The largest absolute Gasteiger partial charge is 0.480 e. The number of hydrogen-bond acceptors (Lipinski definition) is 2. The summed E-state index contributed by atoms with van der Waals surface area (Å²) < 4.78 is 1.74. The molecule has 1 aromatic rings. The van der Waals surface area contributed by atoms with E-state index in [1.807, 2.05) is 12.1 Å². The van der Waals surface area contributed by atoms with Gasteiger partial charge in [0.15, 0.2) is 0 Å². The fraction of sp³-hybridized carbons (Fsp3) is 0.200. The SMILES string of the molecule is O=CNC(Cc1ccc(Br)c(Br)c1)C(=O)O. The molecule has 1 aromatic carbocycles. The summed E-state index contributed by atoms with van der Waals surface area (Å²) in [6.45, 7) is 0. The zero-order chi connectivity index (χ0) is 12.1. The van der Waals surface area contributed by atoms with Crippen LogP contribution in [0, 0.1) is 0 Å². The van der Waals surface area contributed by atoms with Crippen LogP contribution in [0.3, 0.4) is 0 Å². The normalized spacial score (nSPS) is 11.9. The van der Waals surface area contributed by atoms with Crippen LogP contribution in [0.2, 0.25) is 0 Å². The number of carbonyl (C=O) groups is 2. The fourth-order valence-corrected chi connectivity index (χ4v) is 1.87. The average Bonchev–Trinajstić information content (AvgIpc) is 2.22. The molecule has 0 saturated heterocycles. The van der Waals surface area contributed by atoms with Gasteiger partial charge in [0.1, 0.15) is 6.04 Å². The molecule has 1 amide bonds. The van der Waals surface area contributed by atoms with Crippen LogP contribution in [0.1, 0.15) is 5.56 Å². The van der Waals surface area contributed by atoms with Crippen molar-refractivity contribution in [3.8, 4) is 0 Å². The zero-order valence-corrected chi connectivity index (χ0v) is 11.3. The van der Waals surface area contributed by atoms with Crippen LogP contribution < -0.4 is 5.32 Å². The Hall–Kier alpha value is -0.880. The quantitative estimate of drug-likeness (QED) is 0.798. The highest BCUT2D eigenvalue weighted by molar-refractivity contribution is 9.13. The number of aliphatic carboxylic acids is 1. The molecule has 0 spiro atoms. The van der Waals surface area contributed by atoms with Gasteiger partial charge >= 0.3 is 5.97 Å². The zero-order valence-electron chi connectivity index (χ0n) is 8.11. The number of hydrogen-bond donors (Lipinski definition) is 2. The van der Waals surface area contributed by atoms with Crippen molar-refractivity contribution in [2.24, 2.45) is 0 Å². The van der Waals surface area contributed by atoms with Crippen molar-refractivity contribution in [2.75, 3.05) is 0 Å². The Bertz CT molecular complexity index is 409. The fourth-order valence-electron chi connectivity index (χ4n) is 1.20. The monoisotopic (exact) mass is 349 g/mol. The molecule has 16 heavy (non-hydrogen) atoms. The number of rotatable bonds is 5. The Morgan fingerprint density at radius 3 is 2.62 bits per heavy atom. The molecular weight excluding hydrogens is 342 g/mol. The molecule has 0 saturated carbocycles. The molecule has 0 fully saturated rings. The molecule has 0 heterocycles. The van der Waals surface area contributed by atoms with Crippen molar-refractivity contribution in [2.45, 2.75) is 12.5 Å². The molecule has 1 rings (SSSR count). The first-order valence-electron chi connectivity index (χ1n) is 4.41. The smallest absolute Gasteiger partial charge is 0.326 e. The highest BCUT2D eigenvalue weighted by Gasteiger charge is 2.16. The van der Waals surface area contributed by atoms with Gasteiger partial charge in [-0.15, -0.1) is 0 Å². The third kappa shape index (κ3) is 3.61. The summed E-state index contributed by atoms with van der Waals surface area (Å²) in [6, 6.07) is 4.54. The van der Waals surface area contributed by atoms with Gasteiger partial charge < -0.3 is 10.4 Å². The summed E-state index contributed by atoms with van der Waals surface area (Å²) in [5, 5.41) is 11.1. The van der Waals surface area contributed by atoms with Crippen molar-refractivity contribution < 1.29 is 14.7 Å². The molecule has 1 atom stereocenters. The number of halogens is 2. The van der Waals surface area contributed by atoms with Crippen LogP contribution in [0.15, 0.2) is 27.1 Å². The van der Waals surface area contributed by atoms with Crippen molar-refractivity contribution in [3.05, 3.63) is 32.7 Å². The number of amides is 1. The average molecular weight is 351 g/mol. The van der Waals surface area contributed by atoms with Gasteiger partial charge in [-0.25, -0.2) is 4.79 Å². The van der Waals surface area contributed by atoms with Crippen LogP contribution in [0.25, 0.3) is 0 Å². The molecular formula is C10H9Br2NO3. The van der Waals surface area contributed by atoms with E-state index in [-0.39, 0.29) is 6.42 Å². The molecule has 6 heteroatoms. The maximum atomic E-state index is 10.8. The van der Waals surface area contributed by atoms with Gasteiger partial charge in [0.2, 0.25) is 6.41 Å². The summed E-state index contributed by atoms with van der Waals surface area (Å²) in [4.78, 5) is 21.0. The molecule has 0 aliphatic carbocycles. The molecule has 0 aromatic heterocycles. The number of carbonyl (C=O) groups excluding carboxylic acids is 1. The number of nitrogens with one attached hydrogen (secondary N) is 1. The van der Waals surface area contributed by atoms with Gasteiger partial charge in [0.05, 0.1) is 0 Å². The Morgan fingerprint density at radius 2 is 2.12 bits per heavy atom. The van der Waals surface area contributed by atoms with E-state index in [4.69, 9.17) is 5.11 Å². The summed E-state index contributed by atoms with van der Waals surface area (Å²) in [7, 11) is 0. The highest BCUT2D eigenvalue weighted by atomic mass is 79.9. The van der Waals surface area contributed by atoms with Crippen LogP contribution in [0.4, 0.5) is 0 Å². The third-order valence-corrected chi connectivity index (χ3v) is 3.87. The second kappa shape index (κ2) is 6.00. The minimum atomic E-state index is -1.05. The lowest BCUT2D eigenvalue weighted by Gasteiger charge is -2.11. The van der Waals surface area contributed by atoms with Gasteiger partial charge in [0, 0.05) is 15.4 Å². The third-order valence-electron chi connectivity index (χ3n) is 1.99. The molecule has 2 N–H and O–H groups in total. The maximum Gasteiger partial charge on any atom is 0.326 e. The Labute approximate surface area is 109 Å². The van der Waals surface area contributed by atoms with Crippen LogP contribution >= 0.6 is 31.9 Å². The summed E-state index contributed by atoms with van der Waals surface area (Å²) in [5.74, 6) is -1.05. The number of benzene rings is 1. The van der Waals surface area contributed by atoms with Crippen molar-refractivity contribution in [3.63, 3.8) is 0 Å². The maximum absolute atomic E-state index is 10.8. The first-order valence-corrected chi connectivity index (χ1v) is 5.99. The minimum absolute atomic E-state index is 0.250. The molecule has 0 bridgehead atoms. The summed E-state index contributed by atoms with van der Waals surface area (Å²) in [5.41, 5.74) is 0.830. The predicted molar refractivity (Wildman–Crippen MR) is 66.2 cm³/mol. The first-order chi connectivity index (χ1) is 7.54. The van der Waals surface area contributed by atoms with Gasteiger partial charge in [-0.1, -0.05) is 6.07 Å². The number of carboxylic acid groups (broad SMARTS) is 1. The van der Waals surface area contributed by atoms with E-state index in [0.29, 0.717) is 6.41 Å². The van der Waals surface area contributed by atoms with Crippen molar-refractivity contribution in [1.29, 1.82) is 0 Å². The van der Waals surface area contributed by atoms with E-state index in [1.54, 1.807) is 6.07 Å². The summed E-state index contributed by atoms with van der Waals surface area (Å²) in [6.07, 6.45) is 0.645. The van der Waals surface area contributed by atoms with E-state index in [0.717, 1.165) is 14.5 Å². The first kappa shape index (κ1) is 13.2. The lowest BCUT2D eigenvalue weighted by Crippen LogP contribution is -2.37. The second-order valence-electron chi connectivity index (χ2n) is 3.13. The van der Waals surface area contributed by atoms with Crippen LogP contribution in [-0.2, 0) is 16.0 Å². The lowest BCUT2D eigenvalue weighted by atomic mass is 10.1. The lowest BCUT2D eigenvalue weighted by molar-refractivity contribution is -0.140. The Kier molecular flexibility index (Phi) is 4.95. The van der Waals surface area contributed by atoms with Gasteiger partial charge in [-0.3, -0.25) is 4.79 Å². The second-order valence-corrected chi connectivity index (χ2v) is 4.84. The summed E-state index contributed by atoms with van der Waals surface area (Å²) >= 11 is 6.65. The Balaban J connectivity index is 2.81. The van der Waals surface area contributed by atoms with Gasteiger partial charge in [-0.2, -0.15) is 0 Å². The van der Waals surface area contributed by atoms with E-state index < -0.39 is 12.0 Å². The van der Waals surface area contributed by atoms with E-state index >= 15 is 0 Å². The standard InChI is InChI=1S/C10H9Br2NO3/c11-7-2-1-6(3-8(7)12)4-9(10(15)16)13-5-14/h1-3,5,9H,4H2,(H,13,14)(H,15,16). The molecule has 0 aliphatic heterocycles. The molecule has 4 nitrogen and oxygen atoms in total. The topological polar surface area (TPSA) is 66.4 Å².